The van der Waals surface area contributed by atoms with Crippen molar-refractivity contribution in [2.75, 3.05) is 13.1 Å². The maximum Gasteiger partial charge on any atom is 0.290 e. The molecule has 0 bridgehead atoms. The molecule has 0 rings (SSSR count). The number of sulfonamides is 1. The fraction of sp³-hybridized carbons (Fsp3) is 1.00. The van der Waals surface area contributed by atoms with Crippen molar-refractivity contribution < 1.29 is 30.2 Å². The van der Waals surface area contributed by atoms with Gasteiger partial charge in [0.05, 0.1) is 0 Å². The molecule has 0 saturated heterocycles. The molecule has 0 fully saturated rings. The smallest absolute Gasteiger partial charge is 0.285 e. The Morgan fingerprint density at radius 1 is 0.875 bits per heavy atom. The van der Waals surface area contributed by atoms with Crippen LogP contribution < -0.4 is 0 Å². The predicted molar refractivity (Wildman–Crippen MR) is 127 cm³/mol. The Balaban J connectivity index is 6.70. The summed E-state index contributed by atoms with van der Waals surface area (Å²) >= 11 is 0. The molecule has 0 saturated carbocycles. The Bertz CT molecular complexity index is 767. The lowest BCUT2D eigenvalue weighted by Crippen LogP contribution is -2.68. The molecule has 0 aliphatic carbocycles. The summed E-state index contributed by atoms with van der Waals surface area (Å²) < 4.78 is 89.8. The molecule has 6 nitrogen and oxygen atoms in total. The summed E-state index contributed by atoms with van der Waals surface area (Å²) in [7, 11) is -9.88. The number of unbranched alkanes of at least 4 members (excludes halogenated alkanes) is 2. The van der Waals surface area contributed by atoms with E-state index in [-0.39, 0.29) is 19.0 Å². The highest BCUT2D eigenvalue weighted by molar-refractivity contribution is 7.91. The summed E-state index contributed by atoms with van der Waals surface area (Å²) in [6.45, 7) is 10.8. The molecule has 0 aliphatic heterocycles. The standard InChI is InChI=1S/C22H45F2NO5S2/c1-8-14-16-19(10-3)18-25(17-15-9-2)31(26,27)20(7,11-4)22(23,24)21(12-5,13-6)32(28,29)30/h19H,8-18H2,1-7H3,(H,28,29,30). The van der Waals surface area contributed by atoms with Gasteiger partial charge in [-0.2, -0.15) is 8.42 Å². The van der Waals surface area contributed by atoms with Crippen molar-refractivity contribution in [1.29, 1.82) is 0 Å². The quantitative estimate of drug-likeness (QED) is 0.249. The van der Waals surface area contributed by atoms with Gasteiger partial charge in [-0.1, -0.05) is 67.2 Å². The fourth-order valence-corrected chi connectivity index (χ4v) is 7.98. The van der Waals surface area contributed by atoms with Crippen LogP contribution in [0.25, 0.3) is 0 Å². The Morgan fingerprint density at radius 2 is 1.38 bits per heavy atom. The summed E-state index contributed by atoms with van der Waals surface area (Å²) in [6, 6.07) is 0. The topological polar surface area (TPSA) is 91.8 Å². The molecule has 32 heavy (non-hydrogen) atoms. The molecule has 1 N–H and O–H groups in total. The normalized spacial score (nSPS) is 16.8. The third-order valence-electron chi connectivity index (χ3n) is 7.22. The zero-order valence-electron chi connectivity index (χ0n) is 21.0. The molecular weight excluding hydrogens is 460 g/mol. The van der Waals surface area contributed by atoms with Gasteiger partial charge in [-0.15, -0.1) is 0 Å². The number of alkyl halides is 2. The molecule has 0 aliphatic rings. The molecule has 0 heterocycles. The average Bonchev–Trinajstić information content (AvgIpc) is 2.72. The van der Waals surface area contributed by atoms with Crippen molar-refractivity contribution in [3.63, 3.8) is 0 Å². The number of halogens is 2. The molecular formula is C22H45F2NO5S2. The zero-order chi connectivity index (χ0) is 25.4. The van der Waals surface area contributed by atoms with Crippen molar-refractivity contribution in [1.82, 2.24) is 4.31 Å². The van der Waals surface area contributed by atoms with Gasteiger partial charge in [0.25, 0.3) is 16.0 Å². The highest BCUT2D eigenvalue weighted by atomic mass is 32.2. The third kappa shape index (κ3) is 5.84. The van der Waals surface area contributed by atoms with Gasteiger partial charge in [0, 0.05) is 13.1 Å². The molecule has 0 amide bonds. The van der Waals surface area contributed by atoms with Gasteiger partial charge >= 0.3 is 0 Å². The Hall–Kier alpha value is -0.320. The van der Waals surface area contributed by atoms with Crippen molar-refractivity contribution in [3.8, 4) is 0 Å². The minimum atomic E-state index is -5.25. The second kappa shape index (κ2) is 12.4. The number of rotatable bonds is 17. The van der Waals surface area contributed by atoms with Gasteiger partial charge in [-0.05, 0) is 44.9 Å². The lowest BCUT2D eigenvalue weighted by atomic mass is 9.84. The van der Waals surface area contributed by atoms with Crippen LogP contribution in [0.4, 0.5) is 8.78 Å². The summed E-state index contributed by atoms with van der Waals surface area (Å²) in [4.78, 5) is 0. The number of hydrogen-bond acceptors (Lipinski definition) is 4. The van der Waals surface area contributed by atoms with Gasteiger partial charge in [0.1, 0.15) is 4.75 Å². The average molecular weight is 506 g/mol. The molecule has 194 valence electrons. The monoisotopic (exact) mass is 505 g/mol. The molecule has 10 heteroatoms. The molecule has 0 aromatic heterocycles. The number of nitrogens with zero attached hydrogens (tertiary/aromatic N) is 1. The van der Waals surface area contributed by atoms with Crippen LogP contribution in [0, 0.1) is 5.92 Å². The maximum atomic E-state index is 16.1. The first-order valence-corrected chi connectivity index (χ1v) is 14.9. The first kappa shape index (κ1) is 31.7. The molecule has 0 aromatic rings. The van der Waals surface area contributed by atoms with Gasteiger partial charge in [-0.25, -0.2) is 21.5 Å². The zero-order valence-corrected chi connectivity index (χ0v) is 22.6. The summed E-state index contributed by atoms with van der Waals surface area (Å²) in [5.74, 6) is -4.19. The van der Waals surface area contributed by atoms with Crippen molar-refractivity contribution >= 4 is 20.1 Å². The van der Waals surface area contributed by atoms with Crippen molar-refractivity contribution in [2.45, 2.75) is 122 Å². The second-order valence-corrected chi connectivity index (χ2v) is 13.1. The minimum absolute atomic E-state index is 0.0278. The van der Waals surface area contributed by atoms with E-state index in [4.69, 9.17) is 0 Å². The van der Waals surface area contributed by atoms with Gasteiger partial charge in [-0.3, -0.25) is 4.55 Å². The van der Waals surface area contributed by atoms with E-state index in [9.17, 15) is 21.4 Å². The van der Waals surface area contributed by atoms with E-state index in [2.05, 4.69) is 0 Å². The fourth-order valence-electron chi connectivity index (χ4n) is 4.40. The highest BCUT2D eigenvalue weighted by Crippen LogP contribution is 2.52. The van der Waals surface area contributed by atoms with Crippen LogP contribution in [-0.4, -0.2) is 54.2 Å². The Morgan fingerprint density at radius 3 is 1.72 bits per heavy atom. The second-order valence-electron chi connectivity index (χ2n) is 8.97. The van der Waals surface area contributed by atoms with E-state index < -0.39 is 54.8 Å². The van der Waals surface area contributed by atoms with E-state index in [0.717, 1.165) is 36.9 Å². The lowest BCUT2D eigenvalue weighted by molar-refractivity contribution is -0.0841. The third-order valence-corrected chi connectivity index (χ3v) is 11.7. The predicted octanol–water partition coefficient (Wildman–Crippen LogP) is 5.89. The van der Waals surface area contributed by atoms with Gasteiger partial charge in [0.2, 0.25) is 10.0 Å². The van der Waals surface area contributed by atoms with E-state index >= 15 is 8.78 Å². The van der Waals surface area contributed by atoms with Crippen LogP contribution in [0.15, 0.2) is 0 Å². The summed E-state index contributed by atoms with van der Waals surface area (Å²) in [5, 5.41) is 0. The van der Waals surface area contributed by atoms with E-state index in [1.54, 1.807) is 0 Å². The SMILES string of the molecule is CCCCC(CC)CN(CCCC)S(=O)(=O)C(C)(CC)C(F)(F)C(CC)(CC)S(=O)(=O)O. The van der Waals surface area contributed by atoms with Crippen molar-refractivity contribution in [2.24, 2.45) is 5.92 Å². The van der Waals surface area contributed by atoms with E-state index in [1.807, 2.05) is 20.8 Å². The minimum Gasteiger partial charge on any atom is -0.285 e. The highest BCUT2D eigenvalue weighted by Gasteiger charge is 2.72. The van der Waals surface area contributed by atoms with E-state index in [0.29, 0.717) is 12.8 Å². The van der Waals surface area contributed by atoms with Crippen LogP contribution in [0.5, 0.6) is 0 Å². The molecule has 2 atom stereocenters. The van der Waals surface area contributed by atoms with Gasteiger partial charge in [0.15, 0.2) is 4.75 Å². The molecule has 0 aromatic carbocycles. The molecule has 2 unspecified atom stereocenters. The lowest BCUT2D eigenvalue weighted by Gasteiger charge is -2.47. The first-order valence-electron chi connectivity index (χ1n) is 12.0. The van der Waals surface area contributed by atoms with Crippen LogP contribution >= 0.6 is 0 Å². The first-order chi connectivity index (χ1) is 14.6. The summed E-state index contributed by atoms with van der Waals surface area (Å²) in [5.41, 5.74) is 0. The van der Waals surface area contributed by atoms with Crippen LogP contribution in [-0.2, 0) is 20.1 Å². The molecule has 0 spiro atoms. The summed E-state index contributed by atoms with van der Waals surface area (Å²) in [6.07, 6.45) is 2.88. The van der Waals surface area contributed by atoms with Crippen LogP contribution in [0.2, 0.25) is 0 Å². The van der Waals surface area contributed by atoms with Crippen LogP contribution in [0.3, 0.4) is 0 Å². The van der Waals surface area contributed by atoms with E-state index in [1.165, 1.54) is 20.8 Å². The van der Waals surface area contributed by atoms with Crippen molar-refractivity contribution in [3.05, 3.63) is 0 Å². The largest absolute Gasteiger partial charge is 0.290 e. The molecule has 0 radical (unpaired) electrons. The van der Waals surface area contributed by atoms with Gasteiger partial charge < -0.3 is 0 Å². The number of hydrogen-bond donors (Lipinski definition) is 1. The maximum absolute atomic E-state index is 16.1. The Kier molecular flexibility index (Phi) is 12.3. The van der Waals surface area contributed by atoms with Crippen LogP contribution in [0.1, 0.15) is 106 Å². The Labute approximate surface area is 195 Å².